The summed E-state index contributed by atoms with van der Waals surface area (Å²) in [4.78, 5) is 13.3. The predicted molar refractivity (Wildman–Crippen MR) is 90.8 cm³/mol. The van der Waals surface area contributed by atoms with Crippen molar-refractivity contribution in [2.24, 2.45) is 11.3 Å². The van der Waals surface area contributed by atoms with E-state index in [-0.39, 0.29) is 17.3 Å². The molecule has 0 spiro atoms. The van der Waals surface area contributed by atoms with Gasteiger partial charge in [0.05, 0.1) is 12.0 Å². The van der Waals surface area contributed by atoms with Gasteiger partial charge in [0.1, 0.15) is 6.10 Å². The standard InChI is InChI=1S/C16H26O3SSi/c1-12(16(2,3)4)14(19-21(5)6)15(17)18-20-13-10-8-7-9-11-13/h7-12,14,21H,1-6H3. The highest BCUT2D eigenvalue weighted by Gasteiger charge is 2.35. The minimum atomic E-state index is -1.32. The summed E-state index contributed by atoms with van der Waals surface area (Å²) in [6.45, 7) is 12.5. The van der Waals surface area contributed by atoms with Gasteiger partial charge in [0.25, 0.3) is 0 Å². The van der Waals surface area contributed by atoms with Crippen molar-refractivity contribution in [3.63, 3.8) is 0 Å². The van der Waals surface area contributed by atoms with Crippen LogP contribution < -0.4 is 0 Å². The first-order chi connectivity index (χ1) is 9.71. The highest BCUT2D eigenvalue weighted by atomic mass is 32.2. The molecular weight excluding hydrogens is 300 g/mol. The average molecular weight is 327 g/mol. The Bertz CT molecular complexity index is 443. The molecule has 0 aliphatic heterocycles. The van der Waals surface area contributed by atoms with Gasteiger partial charge in [-0.3, -0.25) is 0 Å². The van der Waals surface area contributed by atoms with E-state index in [0.29, 0.717) is 0 Å². The van der Waals surface area contributed by atoms with Gasteiger partial charge in [-0.15, -0.1) is 0 Å². The summed E-state index contributed by atoms with van der Waals surface area (Å²) in [5, 5.41) is 0. The van der Waals surface area contributed by atoms with E-state index in [0.717, 1.165) is 16.9 Å². The number of hydrogen-bond donors (Lipinski definition) is 0. The quantitative estimate of drug-likeness (QED) is 0.577. The van der Waals surface area contributed by atoms with Crippen molar-refractivity contribution in [2.75, 3.05) is 0 Å². The molecule has 2 unspecified atom stereocenters. The fourth-order valence-electron chi connectivity index (χ4n) is 1.74. The van der Waals surface area contributed by atoms with Crippen LogP contribution in [0.15, 0.2) is 35.2 Å². The fourth-order valence-corrected chi connectivity index (χ4v) is 3.21. The number of carbonyl (C=O) groups is 1. The lowest BCUT2D eigenvalue weighted by Crippen LogP contribution is -2.40. The lowest BCUT2D eigenvalue weighted by molar-refractivity contribution is -0.145. The van der Waals surface area contributed by atoms with Crippen LogP contribution in [0.1, 0.15) is 27.7 Å². The molecule has 0 radical (unpaired) electrons. The smallest absolute Gasteiger partial charge is 0.346 e. The second kappa shape index (κ2) is 8.01. The van der Waals surface area contributed by atoms with E-state index in [9.17, 15) is 4.79 Å². The third-order valence-corrected chi connectivity index (χ3v) is 4.98. The average Bonchev–Trinajstić information content (AvgIpc) is 2.41. The monoisotopic (exact) mass is 326 g/mol. The molecular formula is C16H26O3SSi. The van der Waals surface area contributed by atoms with E-state index in [2.05, 4.69) is 40.8 Å². The number of carbonyl (C=O) groups excluding carboxylic acids is 1. The van der Waals surface area contributed by atoms with Gasteiger partial charge in [0, 0.05) is 4.90 Å². The summed E-state index contributed by atoms with van der Waals surface area (Å²) in [7, 11) is -1.32. The Morgan fingerprint density at radius 1 is 1.19 bits per heavy atom. The van der Waals surface area contributed by atoms with Gasteiger partial charge in [-0.05, 0) is 36.6 Å². The van der Waals surface area contributed by atoms with Crippen LogP contribution in [-0.2, 0) is 13.4 Å². The number of hydrogen-bond acceptors (Lipinski definition) is 4. The zero-order valence-electron chi connectivity index (χ0n) is 13.8. The van der Waals surface area contributed by atoms with E-state index in [4.69, 9.17) is 8.61 Å². The second-order valence-corrected chi connectivity index (χ2v) is 9.73. The second-order valence-electron chi connectivity index (χ2n) is 6.56. The third-order valence-electron chi connectivity index (χ3n) is 3.43. The van der Waals surface area contributed by atoms with E-state index >= 15 is 0 Å². The van der Waals surface area contributed by atoms with Gasteiger partial charge in [0.2, 0.25) is 0 Å². The molecule has 5 heteroatoms. The molecule has 0 aliphatic carbocycles. The lowest BCUT2D eigenvalue weighted by Gasteiger charge is -2.33. The normalized spacial score (nSPS) is 14.8. The minimum absolute atomic E-state index is 0.00953. The molecule has 0 heterocycles. The maximum Gasteiger partial charge on any atom is 0.346 e. The summed E-state index contributed by atoms with van der Waals surface area (Å²) < 4.78 is 11.3. The van der Waals surface area contributed by atoms with Gasteiger partial charge in [-0.1, -0.05) is 45.9 Å². The maximum absolute atomic E-state index is 12.4. The van der Waals surface area contributed by atoms with Crippen molar-refractivity contribution >= 4 is 27.1 Å². The molecule has 21 heavy (non-hydrogen) atoms. The molecule has 0 saturated heterocycles. The van der Waals surface area contributed by atoms with Crippen LogP contribution in [0.25, 0.3) is 0 Å². The molecule has 0 bridgehead atoms. The Labute approximate surface area is 134 Å². The highest BCUT2D eigenvalue weighted by Crippen LogP contribution is 2.32. The molecule has 0 saturated carbocycles. The molecule has 1 aromatic carbocycles. The summed E-state index contributed by atoms with van der Waals surface area (Å²) in [5.74, 6) is -0.191. The van der Waals surface area contributed by atoms with Gasteiger partial charge in [0.15, 0.2) is 9.04 Å². The summed E-state index contributed by atoms with van der Waals surface area (Å²) >= 11 is 1.10. The van der Waals surface area contributed by atoms with Gasteiger partial charge in [-0.2, -0.15) is 0 Å². The number of benzene rings is 1. The zero-order valence-corrected chi connectivity index (χ0v) is 15.7. The van der Waals surface area contributed by atoms with Crippen LogP contribution in [-0.4, -0.2) is 21.1 Å². The van der Waals surface area contributed by atoms with Crippen molar-refractivity contribution in [2.45, 2.75) is 51.8 Å². The Morgan fingerprint density at radius 3 is 2.24 bits per heavy atom. The van der Waals surface area contributed by atoms with Crippen LogP contribution in [0.2, 0.25) is 13.1 Å². The molecule has 1 rings (SSSR count). The Morgan fingerprint density at radius 2 is 1.76 bits per heavy atom. The maximum atomic E-state index is 12.4. The molecule has 0 aromatic heterocycles. The van der Waals surface area contributed by atoms with Gasteiger partial charge in [-0.25, -0.2) is 4.79 Å². The predicted octanol–water partition coefficient (Wildman–Crippen LogP) is 4.29. The molecule has 0 aliphatic rings. The van der Waals surface area contributed by atoms with Crippen LogP contribution in [0.5, 0.6) is 0 Å². The molecule has 2 atom stereocenters. The molecule has 0 N–H and O–H groups in total. The van der Waals surface area contributed by atoms with Crippen molar-refractivity contribution in [3.8, 4) is 0 Å². The molecule has 0 fully saturated rings. The molecule has 0 amide bonds. The SMILES string of the molecule is CC(C(O[SiH](C)C)C(=O)OSc1ccccc1)C(C)(C)C. The molecule has 3 nitrogen and oxygen atoms in total. The van der Waals surface area contributed by atoms with E-state index in [1.54, 1.807) is 0 Å². The first-order valence-electron chi connectivity index (χ1n) is 7.30. The lowest BCUT2D eigenvalue weighted by atomic mass is 9.79. The van der Waals surface area contributed by atoms with E-state index in [1.165, 1.54) is 0 Å². The van der Waals surface area contributed by atoms with Crippen molar-refractivity contribution in [1.29, 1.82) is 0 Å². The summed E-state index contributed by atoms with van der Waals surface area (Å²) in [6.07, 6.45) is -0.493. The van der Waals surface area contributed by atoms with Crippen molar-refractivity contribution < 1.29 is 13.4 Å². The molecule has 1 aromatic rings. The Hall–Kier alpha value is -0.783. The van der Waals surface area contributed by atoms with E-state index in [1.807, 2.05) is 30.3 Å². The summed E-state index contributed by atoms with van der Waals surface area (Å²) in [5.41, 5.74) is -0.00953. The van der Waals surface area contributed by atoms with Crippen LogP contribution >= 0.6 is 12.0 Å². The fraction of sp³-hybridized carbons (Fsp3) is 0.562. The van der Waals surface area contributed by atoms with E-state index < -0.39 is 15.1 Å². The van der Waals surface area contributed by atoms with Gasteiger partial charge >= 0.3 is 5.97 Å². The van der Waals surface area contributed by atoms with Crippen molar-refractivity contribution in [1.82, 2.24) is 0 Å². The van der Waals surface area contributed by atoms with Crippen molar-refractivity contribution in [3.05, 3.63) is 30.3 Å². The Kier molecular flexibility index (Phi) is 6.97. The van der Waals surface area contributed by atoms with Crippen LogP contribution in [0.4, 0.5) is 0 Å². The van der Waals surface area contributed by atoms with Crippen LogP contribution in [0.3, 0.4) is 0 Å². The largest absolute Gasteiger partial charge is 0.407 e. The molecule has 118 valence electrons. The van der Waals surface area contributed by atoms with Gasteiger partial charge < -0.3 is 8.61 Å². The first kappa shape index (κ1) is 18.3. The first-order valence-corrected chi connectivity index (χ1v) is 10.8. The van der Waals surface area contributed by atoms with Crippen LogP contribution in [0, 0.1) is 11.3 Å². The Balaban J connectivity index is 2.71. The minimum Gasteiger partial charge on any atom is -0.407 e. The topological polar surface area (TPSA) is 35.5 Å². The highest BCUT2D eigenvalue weighted by molar-refractivity contribution is 7.95. The zero-order chi connectivity index (χ0) is 16.0. The number of rotatable bonds is 6. The third kappa shape index (κ3) is 6.24. The summed E-state index contributed by atoms with van der Waals surface area (Å²) in [6, 6.07) is 9.60.